The molecule has 0 bridgehead atoms. The molecule has 0 amide bonds. The van der Waals surface area contributed by atoms with Gasteiger partial charge in [-0.3, -0.25) is 0 Å². The van der Waals surface area contributed by atoms with E-state index in [9.17, 15) is 0 Å². The normalized spacial score (nSPS) is 6.15. The van der Waals surface area contributed by atoms with Gasteiger partial charge in [0.25, 0.3) is 0 Å². The quantitative estimate of drug-likeness (QED) is 0.583. The number of rotatable bonds is 0. The molecule has 2 aromatic carbocycles. The zero-order chi connectivity index (χ0) is 7.07. The molecule has 0 aromatic heterocycles. The molecule has 0 heterocycles. The van der Waals surface area contributed by atoms with Crippen molar-refractivity contribution in [1.29, 1.82) is 0 Å². The number of hydrogen-bond donors (Lipinski definition) is 0. The predicted molar refractivity (Wildman–Crippen MR) is 56.9 cm³/mol. The summed E-state index contributed by atoms with van der Waals surface area (Å²) in [6.45, 7) is 0. The second kappa shape index (κ2) is 13.8. The molecule has 0 atom stereocenters. The van der Waals surface area contributed by atoms with Crippen molar-refractivity contribution in [3.63, 3.8) is 0 Å². The van der Waals surface area contributed by atoms with Crippen LogP contribution in [0.2, 0.25) is 0 Å². The Hall–Kier alpha value is -0.716. The van der Waals surface area contributed by atoms with E-state index >= 15 is 0 Å². The minimum atomic E-state index is 0. The van der Waals surface area contributed by atoms with Gasteiger partial charge in [-0.25, -0.2) is 24.3 Å². The van der Waals surface area contributed by atoms with Crippen molar-refractivity contribution in [2.75, 3.05) is 0 Å². The van der Waals surface area contributed by atoms with E-state index in [4.69, 9.17) is 0 Å². The molecule has 0 fully saturated rings. The summed E-state index contributed by atoms with van der Waals surface area (Å²) in [5, 5.41) is 0. The van der Waals surface area contributed by atoms with Gasteiger partial charge in [0.15, 0.2) is 0 Å². The van der Waals surface area contributed by atoms with Crippen LogP contribution in [0.4, 0.5) is 0 Å². The van der Waals surface area contributed by atoms with Crippen molar-refractivity contribution in [2.45, 2.75) is 0 Å². The van der Waals surface area contributed by atoms with Gasteiger partial charge in [0.05, 0.1) is 0 Å². The van der Waals surface area contributed by atoms with Gasteiger partial charge in [-0.05, 0) is 0 Å². The number of hydrogen-bond acceptors (Lipinski definition) is 0. The Morgan fingerprint density at radius 2 is 0.769 bits per heavy atom. The van der Waals surface area contributed by atoms with Crippen molar-refractivity contribution in [1.82, 2.24) is 0 Å². The van der Waals surface area contributed by atoms with Crippen molar-refractivity contribution in [3.05, 3.63) is 75.5 Å². The smallest absolute Gasteiger partial charge is 0.358 e. The topological polar surface area (TPSA) is 0 Å². The van der Waals surface area contributed by atoms with Crippen LogP contribution in [0.25, 0.3) is 0 Å². The summed E-state index contributed by atoms with van der Waals surface area (Å²) in [4.78, 5) is 0. The molecule has 2 aromatic rings. The largest absolute Gasteiger partial charge is 4.00 e. The Balaban J connectivity index is -0.000000125. The third-order valence-corrected chi connectivity index (χ3v) is 1.11. The molecule has 1 heteroatoms. The van der Waals surface area contributed by atoms with E-state index in [2.05, 4.69) is 0 Å². The Labute approximate surface area is 94.2 Å². The molecule has 0 unspecified atom stereocenters. The van der Waals surface area contributed by atoms with E-state index in [-0.39, 0.29) is 33.4 Å². The first-order valence-electron chi connectivity index (χ1n) is 3.33. The van der Waals surface area contributed by atoms with E-state index in [1.165, 1.54) is 0 Å². The van der Waals surface area contributed by atoms with Gasteiger partial charge in [-0.15, -0.1) is 0 Å². The fourth-order valence-corrected chi connectivity index (χ4v) is 0.642. The van der Waals surface area contributed by atoms with Gasteiger partial charge in [0, 0.05) is 0 Å². The summed E-state index contributed by atoms with van der Waals surface area (Å²) >= 11 is 0. The molecular formula is C12H16V. The Morgan fingerprint density at radius 3 is 0.846 bits per heavy atom. The molecule has 2 rings (SSSR count). The van der Waals surface area contributed by atoms with Crippen LogP contribution in [0.5, 0.6) is 0 Å². The van der Waals surface area contributed by atoms with Gasteiger partial charge in [0.1, 0.15) is 0 Å². The third kappa shape index (κ3) is 11.3. The van der Waals surface area contributed by atoms with Crippen molar-refractivity contribution < 1.29 is 18.6 Å². The van der Waals surface area contributed by atoms with Crippen LogP contribution in [-0.4, -0.2) is 0 Å². The maximum absolute atomic E-state index is 2.00. The molecular weight excluding hydrogens is 195 g/mol. The van der Waals surface area contributed by atoms with E-state index in [0.29, 0.717) is 0 Å². The molecule has 1 radical (unpaired) electrons. The van der Waals surface area contributed by atoms with Gasteiger partial charge in [-0.2, -0.15) is 36.4 Å². The van der Waals surface area contributed by atoms with E-state index in [1.54, 1.807) is 0 Å². The zero-order valence-corrected chi connectivity index (χ0v) is 9.62. The minimum Gasteiger partial charge on any atom is -0.358 e. The Bertz CT molecular complexity index is 144. The molecule has 0 nitrogen and oxygen atoms in total. The molecule has 0 saturated carbocycles. The summed E-state index contributed by atoms with van der Waals surface area (Å²) in [5.41, 5.74) is 0. The van der Waals surface area contributed by atoms with E-state index in [1.807, 2.05) is 60.7 Å². The average molecular weight is 211 g/mol. The summed E-state index contributed by atoms with van der Waals surface area (Å²) in [7, 11) is 0. The molecule has 0 aliphatic carbocycles. The Kier molecular flexibility index (Phi) is 19.3. The van der Waals surface area contributed by atoms with Crippen LogP contribution in [-0.2, 0) is 18.6 Å². The van der Waals surface area contributed by atoms with Gasteiger partial charge in [-0.1, -0.05) is 0 Å². The maximum atomic E-state index is 2.00. The predicted octanol–water partition coefficient (Wildman–Crippen LogP) is 3.71. The SMILES string of the molecule is [CH3-].[CH3-].[V+4].c1cc[cH-]c1.c1cc[cH-]c1. The molecule has 0 saturated heterocycles. The zero-order valence-electron chi connectivity index (χ0n) is 8.22. The molecule has 0 spiro atoms. The van der Waals surface area contributed by atoms with Crippen LogP contribution >= 0.6 is 0 Å². The molecule has 69 valence electrons. The Morgan fingerprint density at radius 1 is 0.538 bits per heavy atom. The van der Waals surface area contributed by atoms with Crippen LogP contribution in [0.15, 0.2) is 60.7 Å². The second-order valence-electron chi connectivity index (χ2n) is 1.92. The molecule has 0 aliphatic heterocycles. The summed E-state index contributed by atoms with van der Waals surface area (Å²) in [6.07, 6.45) is 0. The van der Waals surface area contributed by atoms with Gasteiger partial charge in [0.2, 0.25) is 0 Å². The third-order valence-electron chi connectivity index (χ3n) is 1.11. The summed E-state index contributed by atoms with van der Waals surface area (Å²) in [6, 6.07) is 20.0. The monoisotopic (exact) mass is 211 g/mol. The maximum Gasteiger partial charge on any atom is 4.00 e. The van der Waals surface area contributed by atoms with Crippen molar-refractivity contribution >= 4 is 0 Å². The minimum absolute atomic E-state index is 0. The van der Waals surface area contributed by atoms with E-state index < -0.39 is 0 Å². The van der Waals surface area contributed by atoms with Crippen LogP contribution in [0.1, 0.15) is 0 Å². The molecule has 0 N–H and O–H groups in total. The van der Waals surface area contributed by atoms with Gasteiger partial charge < -0.3 is 14.9 Å². The second-order valence-corrected chi connectivity index (χ2v) is 1.92. The van der Waals surface area contributed by atoms with Crippen molar-refractivity contribution in [3.8, 4) is 0 Å². The summed E-state index contributed by atoms with van der Waals surface area (Å²) < 4.78 is 0. The van der Waals surface area contributed by atoms with Crippen LogP contribution < -0.4 is 0 Å². The fraction of sp³-hybridized carbons (Fsp3) is 0. The fourth-order valence-electron chi connectivity index (χ4n) is 0.642. The van der Waals surface area contributed by atoms with Gasteiger partial charge >= 0.3 is 18.6 Å². The first-order valence-corrected chi connectivity index (χ1v) is 3.33. The average Bonchev–Trinajstić information content (AvgIpc) is 2.67. The summed E-state index contributed by atoms with van der Waals surface area (Å²) in [5.74, 6) is 0. The molecule has 13 heavy (non-hydrogen) atoms. The van der Waals surface area contributed by atoms with Crippen molar-refractivity contribution in [2.24, 2.45) is 0 Å². The first kappa shape index (κ1) is 18.1. The van der Waals surface area contributed by atoms with Crippen LogP contribution in [0.3, 0.4) is 0 Å². The standard InChI is InChI=1S/2C5H5.2CH3.V/c2*1-2-4-5-3-1;;;/h2*1-5H;2*1H3;/q4*-1;+4. The van der Waals surface area contributed by atoms with E-state index in [0.717, 1.165) is 0 Å². The van der Waals surface area contributed by atoms with Crippen LogP contribution in [0, 0.1) is 14.9 Å². The molecule has 0 aliphatic rings. The first-order chi connectivity index (χ1) is 5.00.